The highest BCUT2D eigenvalue weighted by Crippen LogP contribution is 2.83. The van der Waals surface area contributed by atoms with Gasteiger partial charge in [0.1, 0.15) is 11.7 Å². The van der Waals surface area contributed by atoms with Crippen molar-refractivity contribution in [3.05, 3.63) is 11.6 Å². The molecule has 4 bridgehead atoms. The summed E-state index contributed by atoms with van der Waals surface area (Å²) in [7, 11) is 0. The number of carbonyl (C=O) groups is 2. The third-order valence-corrected chi connectivity index (χ3v) is 11.9. The molecule has 4 heteroatoms. The van der Waals surface area contributed by atoms with Gasteiger partial charge in [0.15, 0.2) is 0 Å². The Bertz CT molecular complexity index is 768. The van der Waals surface area contributed by atoms with E-state index in [0.29, 0.717) is 17.1 Å². The van der Waals surface area contributed by atoms with E-state index in [4.69, 9.17) is 0 Å². The molecule has 166 valence electrons. The van der Waals surface area contributed by atoms with Crippen molar-refractivity contribution in [2.75, 3.05) is 5.75 Å². The van der Waals surface area contributed by atoms with Crippen LogP contribution in [-0.4, -0.2) is 28.4 Å². The van der Waals surface area contributed by atoms with Gasteiger partial charge in [-0.25, -0.2) is 0 Å². The van der Waals surface area contributed by atoms with Gasteiger partial charge in [0.25, 0.3) is 0 Å². The van der Waals surface area contributed by atoms with Gasteiger partial charge in [0.2, 0.25) is 0 Å². The van der Waals surface area contributed by atoms with E-state index in [1.165, 1.54) is 32.1 Å². The predicted molar refractivity (Wildman–Crippen MR) is 121 cm³/mol. The number of fused-ring (bicyclic) bond motifs is 2. The lowest BCUT2D eigenvalue weighted by Gasteiger charge is -2.58. The van der Waals surface area contributed by atoms with E-state index in [1.807, 2.05) is 0 Å². The minimum absolute atomic E-state index is 0.181. The van der Waals surface area contributed by atoms with Crippen molar-refractivity contribution in [2.45, 2.75) is 83.8 Å². The smallest absolute Gasteiger partial charge is 0.315 e. The van der Waals surface area contributed by atoms with Crippen LogP contribution in [0.15, 0.2) is 11.6 Å². The number of hydrogen-bond acceptors (Lipinski definition) is 3. The molecule has 0 aliphatic heterocycles. The summed E-state index contributed by atoms with van der Waals surface area (Å²) >= 11 is 2.06. The van der Waals surface area contributed by atoms with Gasteiger partial charge in [-0.05, 0) is 61.7 Å². The fraction of sp³-hybridized carbons (Fsp3) is 0.846. The highest BCUT2D eigenvalue weighted by atomic mass is 32.2. The number of thioether (sulfide) groups is 1. The van der Waals surface area contributed by atoms with Crippen LogP contribution in [0.2, 0.25) is 0 Å². The summed E-state index contributed by atoms with van der Waals surface area (Å²) in [6.07, 6.45) is 14.0. The maximum Gasteiger partial charge on any atom is 0.315 e. The molecule has 0 amide bonds. The first-order chi connectivity index (χ1) is 14.3. The SMILES string of the molecule is CC(C)C1=C[C@@H]2C[C@@]3(C=O)[C@@H]4CC[C@@H](C)[C@H]4C[C@@]2(CSC2CCCCC2)[C@]13C(=O)O. The Kier molecular flexibility index (Phi) is 5.00. The summed E-state index contributed by atoms with van der Waals surface area (Å²) in [6, 6.07) is 0. The lowest BCUT2D eigenvalue weighted by atomic mass is 9.43. The van der Waals surface area contributed by atoms with Crippen LogP contribution in [0.5, 0.6) is 0 Å². The molecule has 1 N–H and O–H groups in total. The highest BCUT2D eigenvalue weighted by Gasteiger charge is 2.84. The molecular weight excluding hydrogens is 392 g/mol. The van der Waals surface area contributed by atoms with Crippen LogP contribution in [0, 0.1) is 45.8 Å². The Labute approximate surface area is 185 Å². The van der Waals surface area contributed by atoms with Gasteiger partial charge >= 0.3 is 5.97 Å². The van der Waals surface area contributed by atoms with E-state index in [2.05, 4.69) is 38.6 Å². The van der Waals surface area contributed by atoms with Gasteiger partial charge in [0.05, 0.1) is 5.41 Å². The first-order valence-corrected chi connectivity index (χ1v) is 13.4. The van der Waals surface area contributed by atoms with Crippen LogP contribution in [0.1, 0.15) is 78.6 Å². The number of hydrogen-bond donors (Lipinski definition) is 1. The number of aliphatic carboxylic acids is 1. The zero-order valence-electron chi connectivity index (χ0n) is 18.9. The molecular formula is C26H38O3S. The molecule has 5 aliphatic carbocycles. The van der Waals surface area contributed by atoms with Gasteiger partial charge in [0, 0.05) is 16.4 Å². The average Bonchev–Trinajstić information content (AvgIpc) is 3.30. The zero-order chi connectivity index (χ0) is 21.3. The third-order valence-electron chi connectivity index (χ3n) is 10.3. The second kappa shape index (κ2) is 7.12. The quantitative estimate of drug-likeness (QED) is 0.416. The van der Waals surface area contributed by atoms with E-state index in [0.717, 1.165) is 43.3 Å². The lowest BCUT2D eigenvalue weighted by molar-refractivity contribution is -0.177. The van der Waals surface area contributed by atoms with Gasteiger partial charge in [-0.15, -0.1) is 0 Å². The van der Waals surface area contributed by atoms with Crippen LogP contribution in [0.3, 0.4) is 0 Å². The first kappa shape index (κ1) is 21.1. The second-order valence-electron chi connectivity index (χ2n) is 11.6. The van der Waals surface area contributed by atoms with E-state index >= 15 is 0 Å². The van der Waals surface area contributed by atoms with Crippen LogP contribution in [0.25, 0.3) is 0 Å². The maximum absolute atomic E-state index is 13.4. The zero-order valence-corrected chi connectivity index (χ0v) is 19.7. The molecule has 0 heterocycles. The molecule has 0 saturated heterocycles. The van der Waals surface area contributed by atoms with Crippen molar-refractivity contribution < 1.29 is 14.7 Å². The Morgan fingerprint density at radius 2 is 1.93 bits per heavy atom. The summed E-state index contributed by atoms with van der Waals surface area (Å²) in [5.74, 6) is 2.04. The molecule has 3 nitrogen and oxygen atoms in total. The molecule has 0 aromatic rings. The number of aldehydes is 1. The molecule has 30 heavy (non-hydrogen) atoms. The van der Waals surface area contributed by atoms with Gasteiger partial charge < -0.3 is 9.90 Å². The second-order valence-corrected chi connectivity index (χ2v) is 12.8. The largest absolute Gasteiger partial charge is 0.481 e. The molecule has 0 spiro atoms. The minimum atomic E-state index is -0.979. The Morgan fingerprint density at radius 3 is 2.57 bits per heavy atom. The van der Waals surface area contributed by atoms with E-state index in [-0.39, 0.29) is 23.2 Å². The molecule has 4 fully saturated rings. The number of carboxylic acid groups (broad SMARTS) is 1. The van der Waals surface area contributed by atoms with Crippen molar-refractivity contribution in [2.24, 2.45) is 45.8 Å². The van der Waals surface area contributed by atoms with E-state index in [1.54, 1.807) is 0 Å². The Hall–Kier alpha value is -0.770. The number of rotatable bonds is 6. The average molecular weight is 431 g/mol. The van der Waals surface area contributed by atoms with Crippen molar-refractivity contribution in [3.8, 4) is 0 Å². The van der Waals surface area contributed by atoms with Crippen LogP contribution >= 0.6 is 11.8 Å². The van der Waals surface area contributed by atoms with E-state index in [9.17, 15) is 14.7 Å². The van der Waals surface area contributed by atoms with Crippen LogP contribution in [0.4, 0.5) is 0 Å². The third kappa shape index (κ3) is 2.35. The molecule has 7 atom stereocenters. The molecule has 0 aromatic carbocycles. The molecule has 5 rings (SSSR count). The predicted octanol–water partition coefficient (Wildman–Crippen LogP) is 5.98. The molecule has 5 aliphatic rings. The van der Waals surface area contributed by atoms with Crippen molar-refractivity contribution in [3.63, 3.8) is 0 Å². The summed E-state index contributed by atoms with van der Waals surface area (Å²) in [5.41, 5.74) is -0.867. The van der Waals surface area contributed by atoms with Gasteiger partial charge in [-0.1, -0.05) is 58.1 Å². The van der Waals surface area contributed by atoms with Crippen molar-refractivity contribution in [1.29, 1.82) is 0 Å². The lowest BCUT2D eigenvalue weighted by Crippen LogP contribution is -2.63. The van der Waals surface area contributed by atoms with E-state index < -0.39 is 16.8 Å². The normalized spacial score (nSPS) is 47.4. The summed E-state index contributed by atoms with van der Waals surface area (Å²) in [4.78, 5) is 26.4. The molecule has 0 aromatic heterocycles. The number of carboxylic acids is 1. The first-order valence-electron chi connectivity index (χ1n) is 12.4. The monoisotopic (exact) mass is 430 g/mol. The fourth-order valence-electron chi connectivity index (χ4n) is 9.13. The van der Waals surface area contributed by atoms with Crippen molar-refractivity contribution >= 4 is 24.0 Å². The van der Waals surface area contributed by atoms with Crippen LogP contribution in [-0.2, 0) is 9.59 Å². The molecule has 4 saturated carbocycles. The Morgan fingerprint density at radius 1 is 1.20 bits per heavy atom. The van der Waals surface area contributed by atoms with Crippen molar-refractivity contribution in [1.82, 2.24) is 0 Å². The molecule has 0 unspecified atom stereocenters. The highest BCUT2D eigenvalue weighted by molar-refractivity contribution is 7.99. The van der Waals surface area contributed by atoms with Gasteiger partial charge in [-0.2, -0.15) is 11.8 Å². The maximum atomic E-state index is 13.4. The van der Waals surface area contributed by atoms with Gasteiger partial charge in [-0.3, -0.25) is 4.79 Å². The summed E-state index contributed by atoms with van der Waals surface area (Å²) in [6.45, 7) is 6.63. The fourth-order valence-corrected chi connectivity index (χ4v) is 10.9. The number of allylic oxidation sites excluding steroid dienone is 1. The summed E-state index contributed by atoms with van der Waals surface area (Å²) in [5, 5.41) is 11.7. The summed E-state index contributed by atoms with van der Waals surface area (Å²) < 4.78 is 0. The Balaban J connectivity index is 1.64. The topological polar surface area (TPSA) is 54.4 Å². The van der Waals surface area contributed by atoms with Crippen LogP contribution < -0.4 is 0 Å². The minimum Gasteiger partial charge on any atom is -0.481 e. The number of carbonyl (C=O) groups excluding carboxylic acids is 1. The standard InChI is InChI=1S/C26H38O3S/c1-16(2)22-11-18-12-24(14-27)21-10-9-17(3)20(21)13-25(18,26(22,24)23(28)29)15-30-19-7-5-4-6-8-19/h11,14,16-21H,4-10,12-13,15H2,1-3H3,(H,28,29)/t17-,18-,20-,21-,24-,25+,26+/m1/s1. The molecule has 0 radical (unpaired) electrons.